The Kier molecular flexibility index (Phi) is 5.96. The molecule has 2 heterocycles. The van der Waals surface area contributed by atoms with Gasteiger partial charge in [-0.3, -0.25) is 9.78 Å². The number of hydrogen-bond acceptors (Lipinski definition) is 5. The third kappa shape index (κ3) is 4.46. The molecule has 0 radical (unpaired) electrons. The Balaban J connectivity index is 1.66. The molecule has 2 aromatic heterocycles. The van der Waals surface area contributed by atoms with Crippen LogP contribution in [-0.2, 0) is 11.2 Å². The average molecular weight is 367 g/mol. The molecule has 3 aromatic rings. The molecule has 5 nitrogen and oxygen atoms in total. The van der Waals surface area contributed by atoms with Crippen molar-refractivity contribution in [2.24, 2.45) is 0 Å². The molecule has 0 aliphatic rings. The first kappa shape index (κ1) is 18.1. The van der Waals surface area contributed by atoms with Crippen LogP contribution in [0.2, 0.25) is 0 Å². The van der Waals surface area contributed by atoms with Crippen LogP contribution in [0.1, 0.15) is 31.1 Å². The van der Waals surface area contributed by atoms with E-state index in [0.29, 0.717) is 6.61 Å². The summed E-state index contributed by atoms with van der Waals surface area (Å²) >= 11 is 1.52. The fourth-order valence-electron chi connectivity index (χ4n) is 2.63. The third-order valence-electron chi connectivity index (χ3n) is 3.89. The molecule has 3 rings (SSSR count). The lowest BCUT2D eigenvalue weighted by Gasteiger charge is -2.13. The lowest BCUT2D eigenvalue weighted by Crippen LogP contribution is -2.28. The molecular formula is C20H21N3O2S. The van der Waals surface area contributed by atoms with Crippen molar-refractivity contribution < 1.29 is 9.53 Å². The second-order valence-electron chi connectivity index (χ2n) is 5.82. The standard InChI is InChI=1S/C20H21N3O2S/c1-3-25-18-7-5-4-6-17(18)20-23-16(13-26-20)12-19(24)22-14(2)15-8-10-21-11-9-15/h4-11,13-14H,3,12H2,1-2H3,(H,22,24). The van der Waals surface area contributed by atoms with Crippen LogP contribution >= 0.6 is 11.3 Å². The summed E-state index contributed by atoms with van der Waals surface area (Å²) in [6.45, 7) is 4.51. The Hall–Kier alpha value is -2.73. The van der Waals surface area contributed by atoms with Crippen molar-refractivity contribution in [2.75, 3.05) is 6.61 Å². The second-order valence-corrected chi connectivity index (χ2v) is 6.68. The molecule has 26 heavy (non-hydrogen) atoms. The smallest absolute Gasteiger partial charge is 0.226 e. The average Bonchev–Trinajstić information content (AvgIpc) is 3.11. The van der Waals surface area contributed by atoms with Crippen molar-refractivity contribution in [3.05, 3.63) is 65.4 Å². The van der Waals surface area contributed by atoms with Crippen LogP contribution in [0.15, 0.2) is 54.2 Å². The van der Waals surface area contributed by atoms with Gasteiger partial charge in [-0.15, -0.1) is 11.3 Å². The maximum absolute atomic E-state index is 12.3. The summed E-state index contributed by atoms with van der Waals surface area (Å²) in [7, 11) is 0. The predicted molar refractivity (Wildman–Crippen MR) is 103 cm³/mol. The quantitative estimate of drug-likeness (QED) is 0.685. The van der Waals surface area contributed by atoms with E-state index < -0.39 is 0 Å². The third-order valence-corrected chi connectivity index (χ3v) is 4.82. The van der Waals surface area contributed by atoms with E-state index in [9.17, 15) is 4.79 Å². The minimum absolute atomic E-state index is 0.0516. The largest absolute Gasteiger partial charge is 0.493 e. The molecule has 6 heteroatoms. The number of pyridine rings is 1. The molecule has 1 amide bonds. The van der Waals surface area contributed by atoms with E-state index in [2.05, 4.69) is 15.3 Å². The highest BCUT2D eigenvalue weighted by atomic mass is 32.1. The lowest BCUT2D eigenvalue weighted by atomic mass is 10.1. The first-order valence-electron chi connectivity index (χ1n) is 8.53. The van der Waals surface area contributed by atoms with Gasteiger partial charge in [-0.2, -0.15) is 0 Å². The van der Waals surface area contributed by atoms with Gasteiger partial charge in [0, 0.05) is 17.8 Å². The molecule has 1 unspecified atom stereocenters. The van der Waals surface area contributed by atoms with Crippen molar-refractivity contribution in [3.63, 3.8) is 0 Å². The van der Waals surface area contributed by atoms with Gasteiger partial charge in [-0.05, 0) is 43.7 Å². The molecule has 0 aliphatic heterocycles. The number of thiazole rings is 1. The molecule has 0 saturated carbocycles. The Bertz CT molecular complexity index is 864. The fraction of sp³-hybridized carbons (Fsp3) is 0.250. The number of hydrogen-bond donors (Lipinski definition) is 1. The van der Waals surface area contributed by atoms with Crippen molar-refractivity contribution in [1.82, 2.24) is 15.3 Å². The highest BCUT2D eigenvalue weighted by molar-refractivity contribution is 7.13. The SMILES string of the molecule is CCOc1ccccc1-c1nc(CC(=O)NC(C)c2ccncc2)cs1. The van der Waals surface area contributed by atoms with Gasteiger partial charge in [-0.25, -0.2) is 4.98 Å². The van der Waals surface area contributed by atoms with Crippen molar-refractivity contribution in [1.29, 1.82) is 0 Å². The number of nitrogens with one attached hydrogen (secondary N) is 1. The number of ether oxygens (including phenoxy) is 1. The van der Waals surface area contributed by atoms with Gasteiger partial charge in [-0.1, -0.05) is 12.1 Å². The van der Waals surface area contributed by atoms with Crippen LogP contribution < -0.4 is 10.1 Å². The topological polar surface area (TPSA) is 64.1 Å². The molecular weight excluding hydrogens is 346 g/mol. The summed E-state index contributed by atoms with van der Waals surface area (Å²) < 4.78 is 5.67. The number of carbonyl (C=O) groups is 1. The number of benzene rings is 1. The number of carbonyl (C=O) groups excluding carboxylic acids is 1. The van der Waals surface area contributed by atoms with Crippen LogP contribution in [0.4, 0.5) is 0 Å². The van der Waals surface area contributed by atoms with E-state index >= 15 is 0 Å². The van der Waals surface area contributed by atoms with Crippen LogP contribution in [0.25, 0.3) is 10.6 Å². The zero-order chi connectivity index (χ0) is 18.4. The number of nitrogens with zero attached hydrogens (tertiary/aromatic N) is 2. The fourth-order valence-corrected chi connectivity index (χ4v) is 3.48. The highest BCUT2D eigenvalue weighted by Gasteiger charge is 2.14. The lowest BCUT2D eigenvalue weighted by molar-refractivity contribution is -0.121. The Labute approximate surface area is 157 Å². The Morgan fingerprint density at radius 2 is 2.00 bits per heavy atom. The molecule has 1 atom stereocenters. The van der Waals surface area contributed by atoms with Gasteiger partial charge in [0.1, 0.15) is 10.8 Å². The maximum atomic E-state index is 12.3. The van der Waals surface area contributed by atoms with E-state index in [-0.39, 0.29) is 18.4 Å². The first-order chi connectivity index (χ1) is 12.7. The van der Waals surface area contributed by atoms with Gasteiger partial charge >= 0.3 is 0 Å². The zero-order valence-electron chi connectivity index (χ0n) is 14.8. The Morgan fingerprint density at radius 1 is 1.23 bits per heavy atom. The summed E-state index contributed by atoms with van der Waals surface area (Å²) in [4.78, 5) is 20.9. The van der Waals surface area contributed by atoms with E-state index in [1.54, 1.807) is 12.4 Å². The monoisotopic (exact) mass is 367 g/mol. The van der Waals surface area contributed by atoms with E-state index in [0.717, 1.165) is 27.6 Å². The van der Waals surface area contributed by atoms with Gasteiger partial charge < -0.3 is 10.1 Å². The number of aromatic nitrogens is 2. The summed E-state index contributed by atoms with van der Waals surface area (Å²) in [6.07, 6.45) is 3.70. The minimum Gasteiger partial charge on any atom is -0.493 e. The number of amides is 1. The van der Waals surface area contributed by atoms with Gasteiger partial charge in [0.2, 0.25) is 5.91 Å². The van der Waals surface area contributed by atoms with Crippen molar-refractivity contribution in [2.45, 2.75) is 26.3 Å². The molecule has 0 bridgehead atoms. The van der Waals surface area contributed by atoms with Crippen LogP contribution in [-0.4, -0.2) is 22.5 Å². The van der Waals surface area contributed by atoms with Crippen LogP contribution in [0.5, 0.6) is 5.75 Å². The van der Waals surface area contributed by atoms with Crippen molar-refractivity contribution in [3.8, 4) is 16.3 Å². The maximum Gasteiger partial charge on any atom is 0.226 e. The number of para-hydroxylation sites is 1. The molecule has 0 spiro atoms. The second kappa shape index (κ2) is 8.58. The van der Waals surface area contributed by atoms with Crippen molar-refractivity contribution >= 4 is 17.2 Å². The van der Waals surface area contributed by atoms with Gasteiger partial charge in [0.25, 0.3) is 0 Å². The van der Waals surface area contributed by atoms with Gasteiger partial charge in [0.05, 0.1) is 30.3 Å². The summed E-state index contributed by atoms with van der Waals surface area (Å²) in [5.41, 5.74) is 2.74. The van der Waals surface area contributed by atoms with Crippen LogP contribution in [0.3, 0.4) is 0 Å². The molecule has 1 N–H and O–H groups in total. The molecule has 0 aliphatic carbocycles. The van der Waals surface area contributed by atoms with E-state index in [1.807, 2.05) is 55.6 Å². The molecule has 134 valence electrons. The normalized spacial score (nSPS) is 11.8. The molecule has 1 aromatic carbocycles. The van der Waals surface area contributed by atoms with E-state index in [1.165, 1.54) is 11.3 Å². The first-order valence-corrected chi connectivity index (χ1v) is 9.41. The molecule has 0 saturated heterocycles. The van der Waals surface area contributed by atoms with Gasteiger partial charge in [0.15, 0.2) is 0 Å². The minimum atomic E-state index is -0.0673. The van der Waals surface area contributed by atoms with Crippen LogP contribution in [0, 0.1) is 0 Å². The summed E-state index contributed by atoms with van der Waals surface area (Å²) in [5, 5.41) is 5.78. The zero-order valence-corrected chi connectivity index (χ0v) is 15.6. The Morgan fingerprint density at radius 3 is 2.77 bits per heavy atom. The summed E-state index contributed by atoms with van der Waals surface area (Å²) in [6, 6.07) is 11.6. The summed E-state index contributed by atoms with van der Waals surface area (Å²) in [5.74, 6) is 0.760. The predicted octanol–water partition coefficient (Wildman–Crippen LogP) is 4.02. The molecule has 0 fully saturated rings. The van der Waals surface area contributed by atoms with E-state index in [4.69, 9.17) is 4.74 Å². The number of rotatable bonds is 7. The highest BCUT2D eigenvalue weighted by Crippen LogP contribution is 2.32.